The predicted octanol–water partition coefficient (Wildman–Crippen LogP) is 1.57. The number of nitrogens with zero attached hydrogens (tertiary/aromatic N) is 1. The molecule has 3 atom stereocenters. The Morgan fingerprint density at radius 2 is 2.14 bits per heavy atom. The highest BCUT2D eigenvalue weighted by atomic mass is 15.1. The van der Waals surface area contributed by atoms with Crippen LogP contribution in [0.15, 0.2) is 0 Å². The van der Waals surface area contributed by atoms with Gasteiger partial charge in [0.15, 0.2) is 0 Å². The highest BCUT2D eigenvalue weighted by molar-refractivity contribution is 4.85. The summed E-state index contributed by atoms with van der Waals surface area (Å²) in [4.78, 5) is 2.69. The van der Waals surface area contributed by atoms with E-state index in [0.29, 0.717) is 0 Å². The van der Waals surface area contributed by atoms with Crippen LogP contribution in [0.1, 0.15) is 26.7 Å². The van der Waals surface area contributed by atoms with Crippen molar-refractivity contribution in [3.05, 3.63) is 0 Å². The Labute approximate surface area is 88.1 Å². The molecule has 0 aromatic heterocycles. The average molecular weight is 196 g/mol. The van der Waals surface area contributed by atoms with Gasteiger partial charge in [-0.25, -0.2) is 0 Å². The monoisotopic (exact) mass is 196 g/mol. The summed E-state index contributed by atoms with van der Waals surface area (Å²) in [6.45, 7) is 11.1. The molecule has 2 aliphatic rings. The smallest absolute Gasteiger partial charge is 0.00193 e. The molecule has 2 rings (SSSR count). The van der Waals surface area contributed by atoms with E-state index in [2.05, 4.69) is 24.1 Å². The van der Waals surface area contributed by atoms with Gasteiger partial charge in [0.25, 0.3) is 0 Å². The Morgan fingerprint density at radius 1 is 1.36 bits per heavy atom. The summed E-state index contributed by atoms with van der Waals surface area (Å²) in [5, 5.41) is 3.51. The first-order valence-corrected chi connectivity index (χ1v) is 6.19. The largest absolute Gasteiger partial charge is 0.316 e. The van der Waals surface area contributed by atoms with Crippen LogP contribution in [0.25, 0.3) is 0 Å². The van der Waals surface area contributed by atoms with Crippen molar-refractivity contribution in [3.63, 3.8) is 0 Å². The van der Waals surface area contributed by atoms with E-state index in [1.807, 2.05) is 0 Å². The normalized spacial score (nSPS) is 40.3. The van der Waals surface area contributed by atoms with E-state index in [9.17, 15) is 0 Å². The van der Waals surface area contributed by atoms with Gasteiger partial charge in [-0.05, 0) is 50.2 Å². The van der Waals surface area contributed by atoms with Crippen LogP contribution in [0.5, 0.6) is 0 Å². The van der Waals surface area contributed by atoms with Gasteiger partial charge in [-0.3, -0.25) is 0 Å². The van der Waals surface area contributed by atoms with E-state index in [0.717, 1.165) is 17.8 Å². The second kappa shape index (κ2) is 4.63. The Balaban J connectivity index is 1.76. The lowest BCUT2D eigenvalue weighted by Crippen LogP contribution is -2.39. The molecule has 2 fully saturated rings. The molecular formula is C12H24N2. The molecule has 3 unspecified atom stereocenters. The fraction of sp³-hybridized carbons (Fsp3) is 1.00. The van der Waals surface area contributed by atoms with Gasteiger partial charge in [-0.2, -0.15) is 0 Å². The maximum Gasteiger partial charge on any atom is 0.00193 e. The van der Waals surface area contributed by atoms with Crippen LogP contribution < -0.4 is 5.32 Å². The van der Waals surface area contributed by atoms with Crippen LogP contribution in [0.4, 0.5) is 0 Å². The summed E-state index contributed by atoms with van der Waals surface area (Å²) in [5.41, 5.74) is 0. The maximum atomic E-state index is 3.51. The van der Waals surface area contributed by atoms with Crippen LogP contribution in [0.2, 0.25) is 0 Å². The fourth-order valence-corrected chi connectivity index (χ4v) is 2.52. The molecule has 1 saturated carbocycles. The Hall–Kier alpha value is -0.0800. The third-order valence-corrected chi connectivity index (χ3v) is 3.66. The van der Waals surface area contributed by atoms with E-state index in [1.54, 1.807) is 0 Å². The molecule has 1 N–H and O–H groups in total. The molecule has 0 aromatic rings. The molecule has 82 valence electrons. The van der Waals surface area contributed by atoms with Gasteiger partial charge in [0, 0.05) is 13.1 Å². The van der Waals surface area contributed by atoms with Crippen molar-refractivity contribution in [2.24, 2.45) is 17.8 Å². The molecule has 1 aliphatic heterocycles. The number of hydrogen-bond acceptors (Lipinski definition) is 2. The summed E-state index contributed by atoms with van der Waals surface area (Å²) in [5.74, 6) is 2.85. The molecule has 0 aromatic carbocycles. The average Bonchev–Trinajstić information content (AvgIpc) is 2.77. The number of rotatable bonds is 2. The zero-order valence-corrected chi connectivity index (χ0v) is 9.63. The molecule has 1 saturated heterocycles. The molecule has 14 heavy (non-hydrogen) atoms. The Morgan fingerprint density at radius 3 is 2.86 bits per heavy atom. The van der Waals surface area contributed by atoms with Crippen molar-refractivity contribution in [1.29, 1.82) is 0 Å². The van der Waals surface area contributed by atoms with Crippen molar-refractivity contribution < 1.29 is 0 Å². The van der Waals surface area contributed by atoms with Gasteiger partial charge in [-0.15, -0.1) is 0 Å². The van der Waals surface area contributed by atoms with Gasteiger partial charge in [-0.1, -0.05) is 13.8 Å². The third-order valence-electron chi connectivity index (χ3n) is 3.66. The zero-order chi connectivity index (χ0) is 9.97. The topological polar surface area (TPSA) is 15.3 Å². The lowest BCUT2D eigenvalue weighted by molar-refractivity contribution is 0.206. The van der Waals surface area contributed by atoms with Gasteiger partial charge in [0.1, 0.15) is 0 Å². The van der Waals surface area contributed by atoms with Crippen molar-refractivity contribution in [1.82, 2.24) is 10.2 Å². The first-order valence-electron chi connectivity index (χ1n) is 6.19. The molecular weight excluding hydrogens is 172 g/mol. The molecule has 0 spiro atoms. The molecule has 0 amide bonds. The van der Waals surface area contributed by atoms with Crippen molar-refractivity contribution in [3.8, 4) is 0 Å². The van der Waals surface area contributed by atoms with Gasteiger partial charge < -0.3 is 10.2 Å². The first kappa shape index (κ1) is 10.4. The predicted molar refractivity (Wildman–Crippen MR) is 60.4 cm³/mol. The second-order valence-electron chi connectivity index (χ2n) is 5.40. The molecule has 2 nitrogen and oxygen atoms in total. The molecule has 1 aliphatic carbocycles. The van der Waals surface area contributed by atoms with E-state index in [4.69, 9.17) is 0 Å². The van der Waals surface area contributed by atoms with Crippen molar-refractivity contribution in [2.45, 2.75) is 26.7 Å². The SMILES string of the molecule is CC1CNCCCN(CC2CC2C)C1. The quantitative estimate of drug-likeness (QED) is 0.721. The van der Waals surface area contributed by atoms with Crippen molar-refractivity contribution >= 4 is 0 Å². The zero-order valence-electron chi connectivity index (χ0n) is 9.63. The summed E-state index contributed by atoms with van der Waals surface area (Å²) in [6, 6.07) is 0. The van der Waals surface area contributed by atoms with Gasteiger partial charge in [0.05, 0.1) is 0 Å². The van der Waals surface area contributed by atoms with E-state index in [1.165, 1.54) is 45.6 Å². The summed E-state index contributed by atoms with van der Waals surface area (Å²) >= 11 is 0. The summed E-state index contributed by atoms with van der Waals surface area (Å²) < 4.78 is 0. The van der Waals surface area contributed by atoms with E-state index in [-0.39, 0.29) is 0 Å². The minimum Gasteiger partial charge on any atom is -0.316 e. The van der Waals surface area contributed by atoms with Gasteiger partial charge in [0.2, 0.25) is 0 Å². The van der Waals surface area contributed by atoms with Crippen LogP contribution in [0, 0.1) is 17.8 Å². The lowest BCUT2D eigenvalue weighted by atomic mass is 10.1. The van der Waals surface area contributed by atoms with Gasteiger partial charge >= 0.3 is 0 Å². The van der Waals surface area contributed by atoms with Crippen LogP contribution in [0.3, 0.4) is 0 Å². The summed E-state index contributed by atoms with van der Waals surface area (Å²) in [7, 11) is 0. The Kier molecular flexibility index (Phi) is 3.45. The Bertz CT molecular complexity index is 179. The third kappa shape index (κ3) is 2.96. The number of nitrogens with one attached hydrogen (secondary N) is 1. The molecule has 1 heterocycles. The van der Waals surface area contributed by atoms with Crippen LogP contribution >= 0.6 is 0 Å². The van der Waals surface area contributed by atoms with E-state index < -0.39 is 0 Å². The highest BCUT2D eigenvalue weighted by Gasteiger charge is 2.34. The second-order valence-corrected chi connectivity index (χ2v) is 5.40. The first-order chi connectivity index (χ1) is 6.75. The summed E-state index contributed by atoms with van der Waals surface area (Å²) in [6.07, 6.45) is 2.80. The standard InChI is InChI=1S/C12H24N2/c1-10-7-13-4-3-5-14(8-10)9-12-6-11(12)2/h10-13H,3-9H2,1-2H3. The minimum absolute atomic E-state index is 0.823. The molecule has 0 bridgehead atoms. The number of hydrogen-bond donors (Lipinski definition) is 1. The molecule has 2 heteroatoms. The van der Waals surface area contributed by atoms with Crippen molar-refractivity contribution in [2.75, 3.05) is 32.7 Å². The molecule has 0 radical (unpaired) electrons. The van der Waals surface area contributed by atoms with E-state index >= 15 is 0 Å². The minimum atomic E-state index is 0.823. The maximum absolute atomic E-state index is 3.51. The highest BCUT2D eigenvalue weighted by Crippen LogP contribution is 2.38. The lowest BCUT2D eigenvalue weighted by Gasteiger charge is -2.28. The fourth-order valence-electron chi connectivity index (χ4n) is 2.52. The van der Waals surface area contributed by atoms with Crippen LogP contribution in [-0.4, -0.2) is 37.6 Å². The van der Waals surface area contributed by atoms with Crippen LogP contribution in [-0.2, 0) is 0 Å².